The zero-order chi connectivity index (χ0) is 13.0. The lowest BCUT2D eigenvalue weighted by molar-refractivity contribution is -0.124. The minimum atomic E-state index is 0.0953. The Morgan fingerprint density at radius 1 is 1.33 bits per heavy atom. The van der Waals surface area contributed by atoms with Gasteiger partial charge in [0.2, 0.25) is 5.91 Å². The van der Waals surface area contributed by atoms with Crippen LogP contribution in [0.4, 0.5) is 5.69 Å². The standard InChI is InChI=1S/C14H20N2O2/c1-16(13-4-2-11(10-15)3-5-13)14(17)12-6-8-18-9-7-12/h2-5,12H,6-10,15H2,1H3. The maximum Gasteiger partial charge on any atom is 0.230 e. The van der Waals surface area contributed by atoms with E-state index in [2.05, 4.69) is 0 Å². The van der Waals surface area contributed by atoms with Crippen molar-refractivity contribution in [2.24, 2.45) is 11.7 Å². The third kappa shape index (κ3) is 2.89. The highest BCUT2D eigenvalue weighted by atomic mass is 16.5. The van der Waals surface area contributed by atoms with E-state index in [9.17, 15) is 4.79 Å². The molecule has 0 unspecified atom stereocenters. The number of carbonyl (C=O) groups is 1. The van der Waals surface area contributed by atoms with Gasteiger partial charge in [-0.05, 0) is 30.5 Å². The fraction of sp³-hybridized carbons (Fsp3) is 0.500. The minimum Gasteiger partial charge on any atom is -0.381 e. The molecule has 1 amide bonds. The van der Waals surface area contributed by atoms with Gasteiger partial charge in [0.05, 0.1) is 0 Å². The third-order valence-electron chi connectivity index (χ3n) is 3.46. The van der Waals surface area contributed by atoms with E-state index in [0.29, 0.717) is 19.8 Å². The Kier molecular flexibility index (Phi) is 4.33. The quantitative estimate of drug-likeness (QED) is 0.882. The first kappa shape index (κ1) is 13.1. The summed E-state index contributed by atoms with van der Waals surface area (Å²) in [5.41, 5.74) is 7.55. The summed E-state index contributed by atoms with van der Waals surface area (Å²) >= 11 is 0. The molecule has 1 aliphatic heterocycles. The van der Waals surface area contributed by atoms with Gasteiger partial charge in [-0.3, -0.25) is 4.79 Å². The maximum absolute atomic E-state index is 12.3. The van der Waals surface area contributed by atoms with Crippen molar-refractivity contribution in [3.63, 3.8) is 0 Å². The molecule has 0 spiro atoms. The molecule has 0 atom stereocenters. The van der Waals surface area contributed by atoms with E-state index in [-0.39, 0.29) is 11.8 Å². The number of nitrogens with zero attached hydrogens (tertiary/aromatic N) is 1. The number of hydrogen-bond donors (Lipinski definition) is 1. The van der Waals surface area contributed by atoms with Crippen molar-refractivity contribution in [1.82, 2.24) is 0 Å². The predicted molar refractivity (Wildman–Crippen MR) is 71.3 cm³/mol. The minimum absolute atomic E-state index is 0.0953. The highest BCUT2D eigenvalue weighted by molar-refractivity contribution is 5.94. The van der Waals surface area contributed by atoms with Crippen LogP contribution in [0.5, 0.6) is 0 Å². The molecule has 0 saturated carbocycles. The molecule has 0 radical (unpaired) electrons. The van der Waals surface area contributed by atoms with Gasteiger partial charge in [-0.1, -0.05) is 12.1 Å². The molecule has 1 aromatic rings. The highest BCUT2D eigenvalue weighted by Crippen LogP contribution is 2.21. The van der Waals surface area contributed by atoms with Gasteiger partial charge in [-0.25, -0.2) is 0 Å². The number of anilines is 1. The number of benzene rings is 1. The fourth-order valence-corrected chi connectivity index (χ4v) is 2.20. The summed E-state index contributed by atoms with van der Waals surface area (Å²) in [4.78, 5) is 14.0. The highest BCUT2D eigenvalue weighted by Gasteiger charge is 2.25. The van der Waals surface area contributed by atoms with Gasteiger partial charge in [0, 0.05) is 38.4 Å². The second-order valence-electron chi connectivity index (χ2n) is 4.65. The molecule has 2 N–H and O–H groups in total. The molecule has 0 aliphatic carbocycles. The molecule has 1 fully saturated rings. The topological polar surface area (TPSA) is 55.6 Å². The zero-order valence-corrected chi connectivity index (χ0v) is 10.8. The summed E-state index contributed by atoms with van der Waals surface area (Å²) in [5, 5.41) is 0. The van der Waals surface area contributed by atoms with E-state index in [4.69, 9.17) is 10.5 Å². The van der Waals surface area contributed by atoms with Gasteiger partial charge < -0.3 is 15.4 Å². The zero-order valence-electron chi connectivity index (χ0n) is 10.8. The Bertz CT molecular complexity index is 397. The Labute approximate surface area is 108 Å². The molecular formula is C14H20N2O2. The van der Waals surface area contributed by atoms with Crippen molar-refractivity contribution in [1.29, 1.82) is 0 Å². The SMILES string of the molecule is CN(C(=O)C1CCOCC1)c1ccc(CN)cc1. The molecule has 1 saturated heterocycles. The molecule has 98 valence electrons. The Morgan fingerprint density at radius 3 is 2.50 bits per heavy atom. The van der Waals surface area contributed by atoms with Crippen molar-refractivity contribution in [2.45, 2.75) is 19.4 Å². The van der Waals surface area contributed by atoms with Crippen LogP contribution in [0.25, 0.3) is 0 Å². The van der Waals surface area contributed by atoms with Crippen LogP contribution < -0.4 is 10.6 Å². The van der Waals surface area contributed by atoms with Crippen LogP contribution in [0.3, 0.4) is 0 Å². The first-order valence-corrected chi connectivity index (χ1v) is 6.36. The molecule has 0 aromatic heterocycles. The summed E-state index contributed by atoms with van der Waals surface area (Å²) in [6.45, 7) is 1.91. The molecule has 2 rings (SSSR count). The average molecular weight is 248 g/mol. The largest absolute Gasteiger partial charge is 0.381 e. The van der Waals surface area contributed by atoms with Gasteiger partial charge in [0.25, 0.3) is 0 Å². The lowest BCUT2D eigenvalue weighted by Gasteiger charge is -2.26. The average Bonchev–Trinajstić information content (AvgIpc) is 2.47. The van der Waals surface area contributed by atoms with Crippen molar-refractivity contribution >= 4 is 11.6 Å². The van der Waals surface area contributed by atoms with Gasteiger partial charge in [0.15, 0.2) is 0 Å². The second-order valence-corrected chi connectivity index (χ2v) is 4.65. The predicted octanol–water partition coefficient (Wildman–Crippen LogP) is 1.53. The van der Waals surface area contributed by atoms with Crippen LogP contribution in [0.15, 0.2) is 24.3 Å². The van der Waals surface area contributed by atoms with Crippen molar-refractivity contribution in [2.75, 3.05) is 25.2 Å². The first-order chi connectivity index (χ1) is 8.72. The number of nitrogens with two attached hydrogens (primary N) is 1. The molecule has 18 heavy (non-hydrogen) atoms. The lowest BCUT2D eigenvalue weighted by Crippen LogP contribution is -2.35. The van der Waals surface area contributed by atoms with E-state index in [0.717, 1.165) is 24.1 Å². The molecule has 4 heteroatoms. The number of amides is 1. The van der Waals surface area contributed by atoms with Crippen LogP contribution in [0, 0.1) is 5.92 Å². The fourth-order valence-electron chi connectivity index (χ4n) is 2.20. The summed E-state index contributed by atoms with van der Waals surface area (Å²) in [6.07, 6.45) is 1.65. The van der Waals surface area contributed by atoms with Crippen molar-refractivity contribution in [3.05, 3.63) is 29.8 Å². The number of rotatable bonds is 3. The molecule has 1 aromatic carbocycles. The Morgan fingerprint density at radius 2 is 1.94 bits per heavy atom. The van der Waals surface area contributed by atoms with E-state index in [1.54, 1.807) is 4.90 Å². The van der Waals surface area contributed by atoms with Crippen molar-refractivity contribution < 1.29 is 9.53 Å². The van der Waals surface area contributed by atoms with Crippen LogP contribution >= 0.6 is 0 Å². The molecule has 1 aliphatic rings. The van der Waals surface area contributed by atoms with E-state index < -0.39 is 0 Å². The summed E-state index contributed by atoms with van der Waals surface area (Å²) in [7, 11) is 1.83. The van der Waals surface area contributed by atoms with Crippen LogP contribution in [0.2, 0.25) is 0 Å². The van der Waals surface area contributed by atoms with Crippen LogP contribution in [-0.4, -0.2) is 26.2 Å². The number of hydrogen-bond acceptors (Lipinski definition) is 3. The molecular weight excluding hydrogens is 228 g/mol. The summed E-state index contributed by atoms with van der Waals surface area (Å²) < 4.78 is 5.28. The summed E-state index contributed by atoms with van der Waals surface area (Å²) in [5.74, 6) is 0.275. The van der Waals surface area contributed by atoms with Gasteiger partial charge in [0.1, 0.15) is 0 Å². The Balaban J connectivity index is 2.04. The molecule has 1 heterocycles. The number of carbonyl (C=O) groups excluding carboxylic acids is 1. The third-order valence-corrected chi connectivity index (χ3v) is 3.46. The molecule has 0 bridgehead atoms. The van der Waals surface area contributed by atoms with Crippen LogP contribution in [-0.2, 0) is 16.1 Å². The first-order valence-electron chi connectivity index (χ1n) is 6.36. The maximum atomic E-state index is 12.3. The van der Waals surface area contributed by atoms with E-state index >= 15 is 0 Å². The monoisotopic (exact) mass is 248 g/mol. The number of ether oxygens (including phenoxy) is 1. The lowest BCUT2D eigenvalue weighted by atomic mass is 9.98. The Hall–Kier alpha value is -1.39. The van der Waals surface area contributed by atoms with Gasteiger partial charge in [-0.15, -0.1) is 0 Å². The van der Waals surface area contributed by atoms with Gasteiger partial charge in [-0.2, -0.15) is 0 Å². The van der Waals surface area contributed by atoms with Crippen molar-refractivity contribution in [3.8, 4) is 0 Å². The summed E-state index contributed by atoms with van der Waals surface area (Å²) in [6, 6.07) is 7.81. The normalized spacial score (nSPS) is 16.6. The second kappa shape index (κ2) is 5.98. The van der Waals surface area contributed by atoms with E-state index in [1.165, 1.54) is 0 Å². The smallest absolute Gasteiger partial charge is 0.230 e. The van der Waals surface area contributed by atoms with E-state index in [1.807, 2.05) is 31.3 Å². The van der Waals surface area contributed by atoms with Crippen LogP contribution in [0.1, 0.15) is 18.4 Å². The molecule has 4 nitrogen and oxygen atoms in total. The van der Waals surface area contributed by atoms with Gasteiger partial charge >= 0.3 is 0 Å².